The van der Waals surface area contributed by atoms with Crippen LogP contribution in [-0.2, 0) is 4.74 Å². The minimum atomic E-state index is 0. The fraction of sp³-hybridized carbons (Fsp3) is 0.667. The van der Waals surface area contributed by atoms with E-state index >= 15 is 0 Å². The first-order valence-corrected chi connectivity index (χ1v) is 8.22. The zero-order chi connectivity index (χ0) is 15.2. The molecule has 1 fully saturated rings. The molecule has 1 aliphatic rings. The van der Waals surface area contributed by atoms with Crippen LogP contribution in [0, 0.1) is 0 Å². The molecule has 1 aromatic rings. The summed E-state index contributed by atoms with van der Waals surface area (Å²) in [5.41, 5.74) is 0. The van der Waals surface area contributed by atoms with E-state index in [4.69, 9.17) is 9.73 Å². The number of ether oxygens (including phenoxy) is 1. The molecular weight excluding hydrogens is 411 g/mol. The molecule has 0 aromatic carbocycles. The lowest BCUT2D eigenvalue weighted by Crippen LogP contribution is -2.41. The van der Waals surface area contributed by atoms with E-state index in [-0.39, 0.29) is 24.0 Å². The van der Waals surface area contributed by atoms with Crippen LogP contribution in [-0.4, -0.2) is 81.7 Å². The molecule has 1 aliphatic heterocycles. The molecule has 0 amide bonds. The number of morpholine rings is 1. The summed E-state index contributed by atoms with van der Waals surface area (Å²) in [6.45, 7) is 4.39. The van der Waals surface area contributed by atoms with Gasteiger partial charge >= 0.3 is 0 Å². The summed E-state index contributed by atoms with van der Waals surface area (Å²) >= 11 is 1.81. The van der Waals surface area contributed by atoms with Crippen LogP contribution in [0.5, 0.6) is 0 Å². The van der Waals surface area contributed by atoms with Crippen LogP contribution in [0.2, 0.25) is 0 Å². The van der Waals surface area contributed by atoms with Gasteiger partial charge in [-0.15, -0.1) is 35.3 Å². The molecule has 0 bridgehead atoms. The van der Waals surface area contributed by atoms with Crippen LogP contribution in [0.15, 0.2) is 22.5 Å². The Morgan fingerprint density at radius 3 is 2.41 bits per heavy atom. The second-order valence-electron chi connectivity index (χ2n) is 5.61. The van der Waals surface area contributed by atoms with E-state index in [2.05, 4.69) is 32.2 Å². The second kappa shape index (κ2) is 9.69. The highest BCUT2D eigenvalue weighted by atomic mass is 127. The van der Waals surface area contributed by atoms with Gasteiger partial charge in [-0.3, -0.25) is 9.89 Å². The van der Waals surface area contributed by atoms with Gasteiger partial charge in [0.1, 0.15) is 0 Å². The number of thiophene rings is 1. The van der Waals surface area contributed by atoms with Crippen molar-refractivity contribution < 1.29 is 4.74 Å². The third-order valence-corrected chi connectivity index (χ3v) is 4.54. The monoisotopic (exact) mass is 438 g/mol. The predicted octanol–water partition coefficient (Wildman–Crippen LogP) is 2.22. The molecule has 0 radical (unpaired) electrons. The van der Waals surface area contributed by atoms with Crippen molar-refractivity contribution in [2.45, 2.75) is 6.04 Å². The molecular formula is C15H27IN4OS. The highest BCUT2D eigenvalue weighted by Crippen LogP contribution is 2.26. The van der Waals surface area contributed by atoms with Crippen molar-refractivity contribution in [3.8, 4) is 0 Å². The van der Waals surface area contributed by atoms with Gasteiger partial charge in [0.15, 0.2) is 5.96 Å². The lowest BCUT2D eigenvalue weighted by Gasteiger charge is -2.33. The van der Waals surface area contributed by atoms with E-state index < -0.39 is 0 Å². The molecule has 0 saturated carbocycles. The average molecular weight is 438 g/mol. The van der Waals surface area contributed by atoms with Gasteiger partial charge < -0.3 is 14.5 Å². The van der Waals surface area contributed by atoms with E-state index in [1.807, 2.05) is 39.5 Å². The molecule has 2 rings (SSSR count). The Labute approximate surface area is 155 Å². The van der Waals surface area contributed by atoms with E-state index in [0.717, 1.165) is 38.8 Å². The maximum absolute atomic E-state index is 5.48. The van der Waals surface area contributed by atoms with Crippen LogP contribution in [0.3, 0.4) is 0 Å². The molecule has 1 saturated heterocycles. The molecule has 1 unspecified atom stereocenters. The van der Waals surface area contributed by atoms with E-state index in [1.165, 1.54) is 4.88 Å². The van der Waals surface area contributed by atoms with Gasteiger partial charge in [0.25, 0.3) is 0 Å². The molecule has 126 valence electrons. The maximum Gasteiger partial charge on any atom is 0.195 e. The molecule has 0 aliphatic carbocycles. The van der Waals surface area contributed by atoms with Crippen molar-refractivity contribution >= 4 is 41.3 Å². The van der Waals surface area contributed by atoms with Gasteiger partial charge in [0.05, 0.1) is 25.8 Å². The van der Waals surface area contributed by atoms with Crippen LogP contribution in [0.4, 0.5) is 0 Å². The molecule has 22 heavy (non-hydrogen) atoms. The van der Waals surface area contributed by atoms with Gasteiger partial charge in [-0.25, -0.2) is 0 Å². The van der Waals surface area contributed by atoms with Crippen LogP contribution in [0.25, 0.3) is 0 Å². The SMILES string of the molecule is CN(C)C(=NCC(c1cccs1)N1CCOCC1)N(C)C.I. The summed E-state index contributed by atoms with van der Waals surface area (Å²) in [6, 6.07) is 4.69. The number of guanidine groups is 1. The summed E-state index contributed by atoms with van der Waals surface area (Å²) in [6.07, 6.45) is 0. The molecule has 7 heteroatoms. The van der Waals surface area contributed by atoms with Gasteiger partial charge in [0, 0.05) is 46.2 Å². The summed E-state index contributed by atoms with van der Waals surface area (Å²) in [7, 11) is 8.14. The Morgan fingerprint density at radius 2 is 1.91 bits per heavy atom. The van der Waals surface area contributed by atoms with Crippen molar-refractivity contribution in [3.63, 3.8) is 0 Å². The fourth-order valence-electron chi connectivity index (χ4n) is 2.61. The Balaban J connectivity index is 0.00000242. The molecule has 5 nitrogen and oxygen atoms in total. The summed E-state index contributed by atoms with van der Waals surface area (Å²) < 4.78 is 5.48. The maximum atomic E-state index is 5.48. The summed E-state index contributed by atoms with van der Waals surface area (Å²) in [4.78, 5) is 12.8. The normalized spacial score (nSPS) is 16.5. The minimum absolute atomic E-state index is 0. The Kier molecular flexibility index (Phi) is 8.66. The molecule has 1 aromatic heterocycles. The van der Waals surface area contributed by atoms with Crippen molar-refractivity contribution in [1.82, 2.24) is 14.7 Å². The van der Waals surface area contributed by atoms with Crippen molar-refractivity contribution in [3.05, 3.63) is 22.4 Å². The Hall–Kier alpha value is -0.380. The van der Waals surface area contributed by atoms with Crippen LogP contribution >= 0.6 is 35.3 Å². The Morgan fingerprint density at radius 1 is 1.27 bits per heavy atom. The number of aliphatic imine (C=N–C) groups is 1. The van der Waals surface area contributed by atoms with Gasteiger partial charge in [0.2, 0.25) is 0 Å². The lowest BCUT2D eigenvalue weighted by molar-refractivity contribution is 0.0186. The number of hydrogen-bond acceptors (Lipinski definition) is 4. The first-order valence-electron chi connectivity index (χ1n) is 7.34. The average Bonchev–Trinajstić information content (AvgIpc) is 2.97. The third kappa shape index (κ3) is 5.36. The molecule has 0 N–H and O–H groups in total. The topological polar surface area (TPSA) is 31.3 Å². The summed E-state index contributed by atoms with van der Waals surface area (Å²) in [5, 5.41) is 2.14. The zero-order valence-electron chi connectivity index (χ0n) is 13.9. The second-order valence-corrected chi connectivity index (χ2v) is 6.59. The van der Waals surface area contributed by atoms with E-state index in [0.29, 0.717) is 6.04 Å². The zero-order valence-corrected chi connectivity index (χ0v) is 17.0. The number of hydrogen-bond donors (Lipinski definition) is 0. The van der Waals surface area contributed by atoms with Gasteiger partial charge in [-0.05, 0) is 11.4 Å². The quantitative estimate of drug-likeness (QED) is 0.410. The van der Waals surface area contributed by atoms with Crippen LogP contribution in [0.1, 0.15) is 10.9 Å². The minimum Gasteiger partial charge on any atom is -0.379 e. The summed E-state index contributed by atoms with van der Waals surface area (Å²) in [5.74, 6) is 1.00. The van der Waals surface area contributed by atoms with E-state index in [9.17, 15) is 0 Å². The predicted molar refractivity (Wildman–Crippen MR) is 105 cm³/mol. The Bertz CT molecular complexity index is 434. The first-order chi connectivity index (χ1) is 10.1. The largest absolute Gasteiger partial charge is 0.379 e. The molecule has 0 spiro atoms. The van der Waals surface area contributed by atoms with Crippen molar-refractivity contribution in [2.24, 2.45) is 4.99 Å². The molecule has 1 atom stereocenters. The van der Waals surface area contributed by atoms with Crippen LogP contribution < -0.4 is 0 Å². The van der Waals surface area contributed by atoms with Crippen molar-refractivity contribution in [2.75, 3.05) is 61.0 Å². The number of rotatable bonds is 4. The number of halogens is 1. The van der Waals surface area contributed by atoms with E-state index in [1.54, 1.807) is 0 Å². The smallest absolute Gasteiger partial charge is 0.195 e. The first kappa shape index (κ1) is 19.7. The highest BCUT2D eigenvalue weighted by Gasteiger charge is 2.23. The lowest BCUT2D eigenvalue weighted by atomic mass is 10.2. The third-order valence-electron chi connectivity index (χ3n) is 3.56. The highest BCUT2D eigenvalue weighted by molar-refractivity contribution is 14.0. The standard InChI is InChI=1S/C15H26N4OS.HI/c1-17(2)15(18(3)4)16-12-13(14-6-5-11-21-14)19-7-9-20-10-8-19;/h5-6,11,13H,7-10,12H2,1-4H3;1H. The van der Waals surface area contributed by atoms with Crippen molar-refractivity contribution in [1.29, 1.82) is 0 Å². The van der Waals surface area contributed by atoms with Gasteiger partial charge in [-0.2, -0.15) is 0 Å². The fourth-order valence-corrected chi connectivity index (χ4v) is 3.46. The number of nitrogens with zero attached hydrogens (tertiary/aromatic N) is 4. The van der Waals surface area contributed by atoms with Gasteiger partial charge in [-0.1, -0.05) is 6.07 Å². The molecule has 2 heterocycles.